The van der Waals surface area contributed by atoms with E-state index in [2.05, 4.69) is 115 Å². The molecule has 0 N–H and O–H groups in total. The standard InChI is InChI=1S/C32H20Br2NO2.C11H8N.Ir/c1-36-30-16-24-23-9-6-18(29-5-3-4-12-35-29)13-25(23)32(28(24)17-31(30)37-2)26-14-19(33)7-10-21(26)22-11-8-20(34)15-27(22)32;1-2-6-10(7-3-1)11-8-4-5-9-12-11;/h3-5,7-17H,1-2H3;1-6,8-9H;/q2*-1;. The van der Waals surface area contributed by atoms with Crippen LogP contribution in [0.25, 0.3) is 44.8 Å². The fraction of sp³-hybridized carbons (Fsp3) is 0.0698. The van der Waals surface area contributed by atoms with Crippen molar-refractivity contribution in [3.63, 3.8) is 0 Å². The van der Waals surface area contributed by atoms with Crippen LogP contribution in [0, 0.1) is 12.1 Å². The van der Waals surface area contributed by atoms with Gasteiger partial charge in [-0.3, -0.25) is 0 Å². The van der Waals surface area contributed by atoms with Gasteiger partial charge in [0.1, 0.15) is 0 Å². The minimum atomic E-state index is -0.541. The Labute approximate surface area is 322 Å². The van der Waals surface area contributed by atoms with E-state index < -0.39 is 5.41 Å². The number of ether oxygens (including phenoxy) is 2. The van der Waals surface area contributed by atoms with Gasteiger partial charge in [0.05, 0.1) is 19.6 Å². The summed E-state index contributed by atoms with van der Waals surface area (Å²) in [4.78, 5) is 8.84. The van der Waals surface area contributed by atoms with Crippen molar-refractivity contribution in [2.75, 3.05) is 14.2 Å². The van der Waals surface area contributed by atoms with Gasteiger partial charge in [-0.1, -0.05) is 79.4 Å². The maximum Gasteiger partial charge on any atom is 0.161 e. The fourth-order valence-electron chi connectivity index (χ4n) is 7.18. The Morgan fingerprint density at radius 1 is 0.540 bits per heavy atom. The summed E-state index contributed by atoms with van der Waals surface area (Å²) in [6, 6.07) is 48.1. The summed E-state index contributed by atoms with van der Waals surface area (Å²) in [5, 5.41) is 0. The van der Waals surface area contributed by atoms with Crippen LogP contribution in [-0.2, 0) is 25.5 Å². The number of fused-ring (bicyclic) bond motifs is 10. The SMILES string of the molecule is COc1cc2c(cc1OC)C1(c3cc(-c4ccccn4)[c-]cc3-2)c2cc(Br)ccc2-c2ccc(Br)cc21.[Ir].[c-]1ccccc1-c1ccccn1. The summed E-state index contributed by atoms with van der Waals surface area (Å²) in [6.45, 7) is 0. The smallest absolute Gasteiger partial charge is 0.161 e. The van der Waals surface area contributed by atoms with E-state index in [0.29, 0.717) is 11.5 Å². The maximum absolute atomic E-state index is 5.82. The molecule has 7 heteroatoms. The van der Waals surface area contributed by atoms with E-state index in [0.717, 1.165) is 42.6 Å². The van der Waals surface area contributed by atoms with Crippen molar-refractivity contribution in [1.29, 1.82) is 0 Å². The molecule has 9 rings (SSSR count). The molecule has 0 aliphatic heterocycles. The van der Waals surface area contributed by atoms with E-state index in [-0.39, 0.29) is 20.1 Å². The molecule has 0 bridgehead atoms. The van der Waals surface area contributed by atoms with Gasteiger partial charge in [-0.25, -0.2) is 0 Å². The molecule has 1 spiro atoms. The van der Waals surface area contributed by atoms with Crippen LogP contribution in [0.15, 0.2) is 143 Å². The molecular formula is C43H28Br2IrN2O2-2. The number of aromatic nitrogens is 2. The average Bonchev–Trinajstić information content (AvgIpc) is 3.60. The Kier molecular flexibility index (Phi) is 9.60. The van der Waals surface area contributed by atoms with Crippen LogP contribution in [-0.4, -0.2) is 24.2 Å². The number of halogens is 2. The molecule has 0 unspecified atom stereocenters. The predicted molar refractivity (Wildman–Crippen MR) is 202 cm³/mol. The first-order valence-electron chi connectivity index (χ1n) is 15.8. The second-order valence-electron chi connectivity index (χ2n) is 11.8. The third kappa shape index (κ3) is 5.63. The molecule has 4 nitrogen and oxygen atoms in total. The number of benzene rings is 5. The molecule has 7 aromatic rings. The van der Waals surface area contributed by atoms with Crippen LogP contribution in [0.5, 0.6) is 11.5 Å². The van der Waals surface area contributed by atoms with E-state index in [1.165, 1.54) is 33.4 Å². The number of pyridine rings is 2. The second-order valence-corrected chi connectivity index (χ2v) is 13.6. The monoisotopic (exact) mass is 955 g/mol. The van der Waals surface area contributed by atoms with Gasteiger partial charge >= 0.3 is 0 Å². The third-order valence-corrected chi connectivity index (χ3v) is 10.2. The van der Waals surface area contributed by atoms with Crippen LogP contribution < -0.4 is 9.47 Å². The van der Waals surface area contributed by atoms with Crippen LogP contribution in [0.2, 0.25) is 0 Å². The van der Waals surface area contributed by atoms with Crippen molar-refractivity contribution in [2.24, 2.45) is 0 Å². The van der Waals surface area contributed by atoms with Crippen molar-refractivity contribution in [1.82, 2.24) is 9.97 Å². The fourth-order valence-corrected chi connectivity index (χ4v) is 7.90. The summed E-state index contributed by atoms with van der Waals surface area (Å²) in [5.74, 6) is 1.42. The van der Waals surface area contributed by atoms with E-state index in [9.17, 15) is 0 Å². The molecule has 1 radical (unpaired) electrons. The first-order valence-corrected chi connectivity index (χ1v) is 17.3. The number of hydrogen-bond donors (Lipinski definition) is 0. The molecule has 2 aliphatic carbocycles. The van der Waals surface area contributed by atoms with E-state index in [1.807, 2.05) is 66.9 Å². The minimum absolute atomic E-state index is 0. The van der Waals surface area contributed by atoms with E-state index >= 15 is 0 Å². The van der Waals surface area contributed by atoms with Crippen LogP contribution >= 0.6 is 31.9 Å². The molecule has 0 saturated carbocycles. The summed E-state index contributed by atoms with van der Waals surface area (Å²) in [7, 11) is 3.37. The molecule has 0 atom stereocenters. The molecule has 2 heterocycles. The zero-order chi connectivity index (χ0) is 33.5. The topological polar surface area (TPSA) is 44.2 Å². The van der Waals surface area contributed by atoms with Crippen LogP contribution in [0.4, 0.5) is 0 Å². The maximum atomic E-state index is 5.82. The second kappa shape index (κ2) is 14.1. The normalized spacial score (nSPS) is 12.4. The predicted octanol–water partition coefficient (Wildman–Crippen LogP) is 11.0. The van der Waals surface area contributed by atoms with E-state index in [4.69, 9.17) is 9.47 Å². The quantitative estimate of drug-likeness (QED) is 0.165. The van der Waals surface area contributed by atoms with Gasteiger partial charge < -0.3 is 19.4 Å². The first kappa shape index (κ1) is 34.1. The number of nitrogens with zero attached hydrogens (tertiary/aromatic N) is 2. The molecule has 0 fully saturated rings. The van der Waals surface area contributed by atoms with Gasteiger partial charge in [0, 0.05) is 41.4 Å². The number of rotatable bonds is 4. The molecule has 2 aromatic heterocycles. The van der Waals surface area contributed by atoms with Crippen molar-refractivity contribution in [3.05, 3.63) is 177 Å². The minimum Gasteiger partial charge on any atom is -0.493 e. The first-order chi connectivity index (χ1) is 24.0. The summed E-state index contributed by atoms with van der Waals surface area (Å²) < 4.78 is 13.6. The van der Waals surface area contributed by atoms with Gasteiger partial charge in [-0.05, 0) is 87.7 Å². The van der Waals surface area contributed by atoms with E-state index in [1.54, 1.807) is 20.4 Å². The van der Waals surface area contributed by atoms with Crippen LogP contribution in [0.1, 0.15) is 22.3 Å². The summed E-state index contributed by atoms with van der Waals surface area (Å²) in [5.41, 5.74) is 12.9. The zero-order valence-corrected chi connectivity index (χ0v) is 32.6. The van der Waals surface area contributed by atoms with Crippen molar-refractivity contribution >= 4 is 31.9 Å². The van der Waals surface area contributed by atoms with Gasteiger partial charge in [0.25, 0.3) is 0 Å². The Morgan fingerprint density at radius 2 is 1.10 bits per heavy atom. The molecule has 2 aliphatic rings. The number of methoxy groups -OCH3 is 2. The summed E-state index contributed by atoms with van der Waals surface area (Å²) in [6.07, 6.45) is 3.61. The Hall–Kier alpha value is -4.39. The molecule has 50 heavy (non-hydrogen) atoms. The Balaban J connectivity index is 0.000000255. The van der Waals surface area contributed by atoms with Gasteiger partial charge in [-0.2, -0.15) is 0 Å². The van der Waals surface area contributed by atoms with Crippen molar-refractivity contribution < 1.29 is 29.6 Å². The number of hydrogen-bond acceptors (Lipinski definition) is 4. The van der Waals surface area contributed by atoms with Crippen molar-refractivity contribution in [2.45, 2.75) is 5.41 Å². The molecular weight excluding hydrogens is 929 g/mol. The molecule has 0 amide bonds. The summed E-state index contributed by atoms with van der Waals surface area (Å²) >= 11 is 7.53. The average molecular weight is 957 g/mol. The molecule has 5 aromatic carbocycles. The third-order valence-electron chi connectivity index (χ3n) is 9.22. The molecule has 247 valence electrons. The van der Waals surface area contributed by atoms with Crippen molar-refractivity contribution in [3.8, 4) is 56.3 Å². The van der Waals surface area contributed by atoms with Crippen LogP contribution in [0.3, 0.4) is 0 Å². The largest absolute Gasteiger partial charge is 0.493 e. The van der Waals surface area contributed by atoms with Gasteiger partial charge in [0.2, 0.25) is 0 Å². The Bertz CT molecular complexity index is 2250. The molecule has 0 saturated heterocycles. The zero-order valence-electron chi connectivity index (χ0n) is 27.0. The van der Waals surface area contributed by atoms with Gasteiger partial charge in [-0.15, -0.1) is 65.2 Å². The Morgan fingerprint density at radius 3 is 1.66 bits per heavy atom. The van der Waals surface area contributed by atoms with Gasteiger partial charge in [0.15, 0.2) is 11.5 Å².